The summed E-state index contributed by atoms with van der Waals surface area (Å²) >= 11 is 0. The topological polar surface area (TPSA) is 55.6 Å². The van der Waals surface area contributed by atoms with Crippen LogP contribution in [0.2, 0.25) is 0 Å². The summed E-state index contributed by atoms with van der Waals surface area (Å²) in [5.74, 6) is 0.301. The van der Waals surface area contributed by atoms with E-state index in [2.05, 4.69) is 25.7 Å². The van der Waals surface area contributed by atoms with Crippen molar-refractivity contribution in [3.8, 4) is 0 Å². The van der Waals surface area contributed by atoms with Gasteiger partial charge in [-0.2, -0.15) is 0 Å². The van der Waals surface area contributed by atoms with Gasteiger partial charge in [0.2, 0.25) is 0 Å². The molecule has 0 heterocycles. The molecular weight excluding hydrogens is 216 g/mol. The number of carbonyl (C=O) groups excluding carboxylic acids is 1. The second-order valence-corrected chi connectivity index (χ2v) is 4.98. The van der Waals surface area contributed by atoms with Crippen LogP contribution in [-0.4, -0.2) is 42.6 Å². The molecule has 0 fully saturated rings. The lowest BCUT2D eigenvalue weighted by atomic mass is 10.0. The van der Waals surface area contributed by atoms with Crippen molar-refractivity contribution in [3.05, 3.63) is 0 Å². The number of esters is 1. The van der Waals surface area contributed by atoms with E-state index < -0.39 is 5.54 Å². The summed E-state index contributed by atoms with van der Waals surface area (Å²) in [6.07, 6.45) is 1.14. The molecule has 2 unspecified atom stereocenters. The molecule has 0 amide bonds. The smallest absolute Gasteiger partial charge is 0.327 e. The third kappa shape index (κ3) is 6.03. The first kappa shape index (κ1) is 16.4. The molecule has 0 saturated carbocycles. The lowest BCUT2D eigenvalue weighted by Crippen LogP contribution is -2.55. The van der Waals surface area contributed by atoms with Gasteiger partial charge in [-0.1, -0.05) is 27.2 Å². The van der Waals surface area contributed by atoms with Crippen LogP contribution in [0, 0.1) is 5.92 Å². The summed E-state index contributed by atoms with van der Waals surface area (Å²) in [4.78, 5) is 13.9. The molecule has 2 atom stereocenters. The van der Waals surface area contributed by atoms with Gasteiger partial charge < -0.3 is 15.4 Å². The minimum Gasteiger partial charge on any atom is -0.465 e. The number of hydrogen-bond donors (Lipinski definition) is 1. The molecular formula is C13H28N2O2. The average molecular weight is 244 g/mol. The highest BCUT2D eigenvalue weighted by molar-refractivity contribution is 5.80. The molecule has 17 heavy (non-hydrogen) atoms. The Balaban J connectivity index is 4.38. The molecule has 0 spiro atoms. The zero-order valence-electron chi connectivity index (χ0n) is 12.0. The van der Waals surface area contributed by atoms with Gasteiger partial charge in [-0.3, -0.25) is 4.79 Å². The first-order valence-corrected chi connectivity index (χ1v) is 6.55. The zero-order chi connectivity index (χ0) is 13.5. The van der Waals surface area contributed by atoms with Gasteiger partial charge in [0.05, 0.1) is 6.61 Å². The maximum Gasteiger partial charge on any atom is 0.327 e. The molecule has 0 saturated heterocycles. The lowest BCUT2D eigenvalue weighted by Gasteiger charge is -2.31. The first-order chi connectivity index (χ1) is 7.87. The number of nitrogens with zero attached hydrogens (tertiary/aromatic N) is 1. The van der Waals surface area contributed by atoms with Crippen molar-refractivity contribution in [2.45, 2.75) is 46.6 Å². The van der Waals surface area contributed by atoms with Gasteiger partial charge in [0, 0.05) is 13.1 Å². The first-order valence-electron chi connectivity index (χ1n) is 6.55. The highest BCUT2D eigenvalue weighted by Crippen LogP contribution is 2.10. The van der Waals surface area contributed by atoms with Crippen LogP contribution in [0.4, 0.5) is 0 Å². The largest absolute Gasteiger partial charge is 0.465 e. The van der Waals surface area contributed by atoms with E-state index in [1.165, 1.54) is 0 Å². The van der Waals surface area contributed by atoms with E-state index in [4.69, 9.17) is 10.5 Å². The summed E-state index contributed by atoms with van der Waals surface area (Å²) in [5, 5.41) is 0. The van der Waals surface area contributed by atoms with Crippen molar-refractivity contribution in [2.75, 3.05) is 26.2 Å². The molecule has 0 aliphatic rings. The zero-order valence-corrected chi connectivity index (χ0v) is 12.0. The fourth-order valence-corrected chi connectivity index (χ4v) is 1.70. The van der Waals surface area contributed by atoms with Crippen LogP contribution < -0.4 is 5.73 Å². The standard InChI is InChI=1S/C13H28N2O2/c1-6-11(4)9-15(7-2)10-13(5,14)12(16)17-8-3/h11H,6-10,14H2,1-5H3. The molecule has 0 aromatic carbocycles. The monoisotopic (exact) mass is 244 g/mol. The number of hydrogen-bond acceptors (Lipinski definition) is 4. The van der Waals surface area contributed by atoms with Crippen molar-refractivity contribution < 1.29 is 9.53 Å². The molecule has 4 nitrogen and oxygen atoms in total. The van der Waals surface area contributed by atoms with Gasteiger partial charge in [0.15, 0.2) is 0 Å². The number of rotatable bonds is 8. The minimum absolute atomic E-state index is 0.317. The number of nitrogens with two attached hydrogens (primary N) is 1. The molecule has 0 bridgehead atoms. The second kappa shape index (κ2) is 7.67. The van der Waals surface area contributed by atoms with Crippen molar-refractivity contribution in [1.29, 1.82) is 0 Å². The Morgan fingerprint density at radius 1 is 1.41 bits per heavy atom. The van der Waals surface area contributed by atoms with Crippen LogP contribution in [0.25, 0.3) is 0 Å². The molecule has 0 aromatic rings. The fraction of sp³-hybridized carbons (Fsp3) is 0.923. The van der Waals surface area contributed by atoms with E-state index in [9.17, 15) is 4.79 Å². The normalized spacial score (nSPS) is 16.6. The van der Waals surface area contributed by atoms with Crippen LogP contribution >= 0.6 is 0 Å². The van der Waals surface area contributed by atoms with Gasteiger partial charge in [-0.25, -0.2) is 0 Å². The highest BCUT2D eigenvalue weighted by Gasteiger charge is 2.32. The number of ether oxygens (including phenoxy) is 1. The maximum absolute atomic E-state index is 11.7. The Hall–Kier alpha value is -0.610. The Kier molecular flexibility index (Phi) is 7.39. The van der Waals surface area contributed by atoms with E-state index >= 15 is 0 Å². The van der Waals surface area contributed by atoms with Crippen molar-refractivity contribution in [2.24, 2.45) is 11.7 Å². The van der Waals surface area contributed by atoms with Crippen LogP contribution in [0.1, 0.15) is 41.0 Å². The second-order valence-electron chi connectivity index (χ2n) is 4.98. The summed E-state index contributed by atoms with van der Waals surface area (Å²) < 4.78 is 4.99. The molecule has 102 valence electrons. The lowest BCUT2D eigenvalue weighted by molar-refractivity contribution is -0.149. The third-order valence-corrected chi connectivity index (χ3v) is 3.01. The van der Waals surface area contributed by atoms with E-state index in [1.807, 2.05) is 0 Å². The van der Waals surface area contributed by atoms with Gasteiger partial charge in [0.25, 0.3) is 0 Å². The molecule has 0 aliphatic heterocycles. The van der Waals surface area contributed by atoms with E-state index in [0.29, 0.717) is 19.1 Å². The summed E-state index contributed by atoms with van der Waals surface area (Å²) in [7, 11) is 0. The van der Waals surface area contributed by atoms with Crippen molar-refractivity contribution >= 4 is 5.97 Å². The summed E-state index contributed by atoms with van der Waals surface area (Å²) in [6.45, 7) is 12.8. The predicted octanol–water partition coefficient (Wildman–Crippen LogP) is 1.63. The Bertz CT molecular complexity index is 229. The van der Waals surface area contributed by atoms with E-state index in [-0.39, 0.29) is 5.97 Å². The summed E-state index contributed by atoms with van der Waals surface area (Å²) in [6, 6.07) is 0. The molecule has 0 radical (unpaired) electrons. The SMILES string of the molecule is CCOC(=O)C(C)(N)CN(CC)CC(C)CC. The van der Waals surface area contributed by atoms with Crippen LogP contribution in [0.3, 0.4) is 0 Å². The highest BCUT2D eigenvalue weighted by atomic mass is 16.5. The van der Waals surface area contributed by atoms with Crippen LogP contribution in [-0.2, 0) is 9.53 Å². The van der Waals surface area contributed by atoms with E-state index in [1.54, 1.807) is 13.8 Å². The molecule has 0 aliphatic carbocycles. The Morgan fingerprint density at radius 2 is 2.00 bits per heavy atom. The average Bonchev–Trinajstić information content (AvgIpc) is 2.27. The van der Waals surface area contributed by atoms with Crippen LogP contribution in [0.5, 0.6) is 0 Å². The molecule has 0 aromatic heterocycles. The van der Waals surface area contributed by atoms with Gasteiger partial charge in [0.1, 0.15) is 5.54 Å². The summed E-state index contributed by atoms with van der Waals surface area (Å²) in [5.41, 5.74) is 5.11. The van der Waals surface area contributed by atoms with Gasteiger partial charge >= 0.3 is 5.97 Å². The van der Waals surface area contributed by atoms with Gasteiger partial charge in [-0.15, -0.1) is 0 Å². The number of likely N-dealkylation sites (N-methyl/N-ethyl adjacent to an activating group) is 1. The Labute approximate surface area is 105 Å². The molecule has 0 rings (SSSR count). The minimum atomic E-state index is -0.917. The fourth-order valence-electron chi connectivity index (χ4n) is 1.70. The van der Waals surface area contributed by atoms with Crippen LogP contribution in [0.15, 0.2) is 0 Å². The van der Waals surface area contributed by atoms with E-state index in [0.717, 1.165) is 19.5 Å². The predicted molar refractivity (Wildman–Crippen MR) is 70.8 cm³/mol. The van der Waals surface area contributed by atoms with Crippen molar-refractivity contribution in [1.82, 2.24) is 4.90 Å². The van der Waals surface area contributed by atoms with Gasteiger partial charge in [-0.05, 0) is 26.3 Å². The molecule has 4 heteroatoms. The maximum atomic E-state index is 11.7. The Morgan fingerprint density at radius 3 is 2.41 bits per heavy atom. The molecule has 2 N–H and O–H groups in total. The van der Waals surface area contributed by atoms with Crippen molar-refractivity contribution in [3.63, 3.8) is 0 Å². The number of carbonyl (C=O) groups is 1. The third-order valence-electron chi connectivity index (χ3n) is 3.01. The quantitative estimate of drug-likeness (QED) is 0.659.